The Hall–Kier alpha value is -1.80. The van der Waals surface area contributed by atoms with Crippen LogP contribution in [0.4, 0.5) is 0 Å². The standard InChI is InChI=1S/C13H22N2O6/c1-8(16)10(12(18)20-3)5-14-7-15-6-11(9(2)17)13(19)21-4/h10-11,14-15H,5-7H2,1-4H3. The fraction of sp³-hybridized carbons (Fsp3) is 0.692. The van der Waals surface area contributed by atoms with Crippen LogP contribution in [0.1, 0.15) is 13.8 Å². The Morgan fingerprint density at radius 2 is 1.14 bits per heavy atom. The summed E-state index contributed by atoms with van der Waals surface area (Å²) in [6.45, 7) is 3.05. The number of ketones is 2. The first kappa shape index (κ1) is 19.2. The van der Waals surface area contributed by atoms with Crippen molar-refractivity contribution in [1.82, 2.24) is 10.6 Å². The molecule has 0 radical (unpaired) electrons. The third kappa shape index (κ3) is 6.96. The van der Waals surface area contributed by atoms with Gasteiger partial charge in [0.1, 0.15) is 23.4 Å². The molecule has 0 fully saturated rings. The number of methoxy groups -OCH3 is 2. The summed E-state index contributed by atoms with van der Waals surface area (Å²) in [7, 11) is 2.43. The molecule has 8 nitrogen and oxygen atoms in total. The van der Waals surface area contributed by atoms with E-state index in [4.69, 9.17) is 0 Å². The summed E-state index contributed by atoms with van der Waals surface area (Å²) in [6, 6.07) is 0. The van der Waals surface area contributed by atoms with Crippen LogP contribution in [-0.2, 0) is 28.7 Å². The third-order valence-corrected chi connectivity index (χ3v) is 2.90. The minimum Gasteiger partial charge on any atom is -0.468 e. The fourth-order valence-electron chi connectivity index (χ4n) is 1.59. The summed E-state index contributed by atoms with van der Waals surface area (Å²) in [5.74, 6) is -3.56. The molecule has 0 rings (SSSR count). The second-order valence-electron chi connectivity index (χ2n) is 4.46. The Bertz CT molecular complexity index is 360. The average Bonchev–Trinajstić information content (AvgIpc) is 2.44. The molecule has 0 aliphatic heterocycles. The molecule has 0 aliphatic carbocycles. The lowest BCUT2D eigenvalue weighted by Crippen LogP contribution is -2.41. The first-order chi connectivity index (χ1) is 9.84. The molecular formula is C13H22N2O6. The molecule has 0 heterocycles. The normalized spacial score (nSPS) is 13.1. The van der Waals surface area contributed by atoms with Crippen molar-refractivity contribution >= 4 is 23.5 Å². The first-order valence-electron chi connectivity index (χ1n) is 6.43. The third-order valence-electron chi connectivity index (χ3n) is 2.90. The largest absolute Gasteiger partial charge is 0.468 e. The van der Waals surface area contributed by atoms with Crippen LogP contribution in [0, 0.1) is 11.8 Å². The average molecular weight is 302 g/mol. The Kier molecular flexibility index (Phi) is 9.15. The van der Waals surface area contributed by atoms with E-state index in [1.807, 2.05) is 0 Å². The quantitative estimate of drug-likeness (QED) is 0.226. The monoisotopic (exact) mass is 302 g/mol. The number of esters is 2. The molecule has 0 saturated carbocycles. The zero-order valence-electron chi connectivity index (χ0n) is 12.7. The maximum atomic E-state index is 11.3. The summed E-state index contributed by atoms with van der Waals surface area (Å²) in [5, 5.41) is 5.67. The van der Waals surface area contributed by atoms with Gasteiger partial charge in [0.2, 0.25) is 0 Å². The van der Waals surface area contributed by atoms with Crippen LogP contribution >= 0.6 is 0 Å². The second kappa shape index (κ2) is 10.0. The van der Waals surface area contributed by atoms with Gasteiger partial charge in [-0.25, -0.2) is 0 Å². The van der Waals surface area contributed by atoms with Crippen molar-refractivity contribution in [3.8, 4) is 0 Å². The SMILES string of the molecule is COC(=O)C(CNCNCC(C(C)=O)C(=O)OC)C(C)=O. The molecule has 0 saturated heterocycles. The lowest BCUT2D eigenvalue weighted by atomic mass is 10.1. The van der Waals surface area contributed by atoms with Gasteiger partial charge in [-0.15, -0.1) is 0 Å². The van der Waals surface area contributed by atoms with Crippen LogP contribution in [0.25, 0.3) is 0 Å². The van der Waals surface area contributed by atoms with Gasteiger partial charge in [0.15, 0.2) is 0 Å². The van der Waals surface area contributed by atoms with Crippen molar-refractivity contribution in [1.29, 1.82) is 0 Å². The number of Topliss-reactive ketones (excluding diaryl/α,β-unsaturated/α-hetero) is 2. The Morgan fingerprint density at radius 1 is 0.810 bits per heavy atom. The first-order valence-corrected chi connectivity index (χ1v) is 6.43. The number of hydrogen-bond donors (Lipinski definition) is 2. The van der Waals surface area contributed by atoms with Crippen molar-refractivity contribution in [2.24, 2.45) is 11.8 Å². The highest BCUT2D eigenvalue weighted by Gasteiger charge is 2.25. The number of nitrogens with one attached hydrogen (secondary N) is 2. The van der Waals surface area contributed by atoms with Crippen molar-refractivity contribution in [3.05, 3.63) is 0 Å². The highest BCUT2D eigenvalue weighted by Crippen LogP contribution is 2.00. The Balaban J connectivity index is 4.14. The fourth-order valence-corrected chi connectivity index (χ4v) is 1.59. The maximum Gasteiger partial charge on any atom is 0.317 e. The Labute approximate surface area is 123 Å². The lowest BCUT2D eigenvalue weighted by molar-refractivity contribution is -0.150. The van der Waals surface area contributed by atoms with E-state index in [1.165, 1.54) is 28.1 Å². The summed E-state index contributed by atoms with van der Waals surface area (Å²) >= 11 is 0. The van der Waals surface area contributed by atoms with E-state index < -0.39 is 23.8 Å². The molecule has 0 aromatic carbocycles. The zero-order chi connectivity index (χ0) is 16.4. The van der Waals surface area contributed by atoms with E-state index in [1.54, 1.807) is 0 Å². The van der Waals surface area contributed by atoms with Gasteiger partial charge in [0, 0.05) is 19.8 Å². The van der Waals surface area contributed by atoms with Crippen molar-refractivity contribution in [2.45, 2.75) is 13.8 Å². The maximum absolute atomic E-state index is 11.3. The lowest BCUT2D eigenvalue weighted by Gasteiger charge is -2.15. The molecule has 0 aliphatic rings. The second-order valence-corrected chi connectivity index (χ2v) is 4.46. The molecule has 0 aromatic rings. The highest BCUT2D eigenvalue weighted by atomic mass is 16.5. The van der Waals surface area contributed by atoms with E-state index in [2.05, 4.69) is 20.1 Å². The molecular weight excluding hydrogens is 280 g/mol. The summed E-state index contributed by atoms with van der Waals surface area (Å²) in [4.78, 5) is 45.2. The molecule has 0 spiro atoms. The van der Waals surface area contributed by atoms with Gasteiger partial charge >= 0.3 is 11.9 Å². The zero-order valence-corrected chi connectivity index (χ0v) is 12.7. The van der Waals surface area contributed by atoms with Crippen LogP contribution in [0.2, 0.25) is 0 Å². The minimum atomic E-state index is -0.874. The van der Waals surface area contributed by atoms with Gasteiger partial charge in [-0.05, 0) is 13.8 Å². The Morgan fingerprint density at radius 3 is 1.38 bits per heavy atom. The molecule has 0 amide bonds. The van der Waals surface area contributed by atoms with Gasteiger partial charge in [0.05, 0.1) is 14.2 Å². The summed E-state index contributed by atoms with van der Waals surface area (Å²) in [5.41, 5.74) is 0. The number of carbonyl (C=O) groups excluding carboxylic acids is 4. The number of hydrogen-bond acceptors (Lipinski definition) is 8. The van der Waals surface area contributed by atoms with Crippen molar-refractivity contribution < 1.29 is 28.7 Å². The molecule has 2 unspecified atom stereocenters. The summed E-state index contributed by atoms with van der Waals surface area (Å²) < 4.78 is 9.04. The van der Waals surface area contributed by atoms with Crippen LogP contribution in [-0.4, -0.2) is 57.5 Å². The van der Waals surface area contributed by atoms with Gasteiger partial charge < -0.3 is 20.1 Å². The molecule has 8 heteroatoms. The van der Waals surface area contributed by atoms with E-state index >= 15 is 0 Å². The van der Waals surface area contributed by atoms with Crippen LogP contribution in [0.3, 0.4) is 0 Å². The minimum absolute atomic E-state index is 0.109. The van der Waals surface area contributed by atoms with Gasteiger partial charge in [-0.1, -0.05) is 0 Å². The van der Waals surface area contributed by atoms with E-state index in [0.29, 0.717) is 0 Å². The van der Waals surface area contributed by atoms with Gasteiger partial charge in [0.25, 0.3) is 0 Å². The van der Waals surface area contributed by atoms with Crippen molar-refractivity contribution in [3.63, 3.8) is 0 Å². The van der Waals surface area contributed by atoms with Crippen LogP contribution < -0.4 is 10.6 Å². The predicted octanol–water partition coefficient (Wildman–Crippen LogP) is -1.12. The molecule has 2 atom stereocenters. The highest BCUT2D eigenvalue weighted by molar-refractivity contribution is 5.98. The number of rotatable bonds is 10. The molecule has 120 valence electrons. The smallest absolute Gasteiger partial charge is 0.317 e. The molecule has 21 heavy (non-hydrogen) atoms. The van der Waals surface area contributed by atoms with E-state index in [0.717, 1.165) is 0 Å². The van der Waals surface area contributed by atoms with Crippen molar-refractivity contribution in [2.75, 3.05) is 34.0 Å². The number of ether oxygens (including phenoxy) is 2. The predicted molar refractivity (Wildman–Crippen MR) is 73.2 cm³/mol. The summed E-state index contributed by atoms with van der Waals surface area (Å²) in [6.07, 6.45) is 0. The molecule has 2 N–H and O–H groups in total. The topological polar surface area (TPSA) is 111 Å². The molecule has 0 aromatic heterocycles. The van der Waals surface area contributed by atoms with E-state index in [9.17, 15) is 19.2 Å². The van der Waals surface area contributed by atoms with Gasteiger partial charge in [-0.3, -0.25) is 19.2 Å². The van der Waals surface area contributed by atoms with Gasteiger partial charge in [-0.2, -0.15) is 0 Å². The van der Waals surface area contributed by atoms with Crippen LogP contribution in [0.5, 0.6) is 0 Å². The van der Waals surface area contributed by atoms with E-state index in [-0.39, 0.29) is 31.3 Å². The molecule has 0 bridgehead atoms. The number of carbonyl (C=O) groups is 4. The van der Waals surface area contributed by atoms with Crippen LogP contribution in [0.15, 0.2) is 0 Å².